The lowest BCUT2D eigenvalue weighted by Gasteiger charge is -2.35. The molecule has 0 aromatic heterocycles. The smallest absolute Gasteiger partial charge is 0.127 e. The van der Waals surface area contributed by atoms with Crippen LogP contribution >= 0.6 is 0 Å². The van der Waals surface area contributed by atoms with Crippen LogP contribution in [0.3, 0.4) is 0 Å². The van der Waals surface area contributed by atoms with Gasteiger partial charge in [0.05, 0.1) is 13.2 Å². The molecule has 21 heavy (non-hydrogen) atoms. The van der Waals surface area contributed by atoms with Crippen molar-refractivity contribution < 1.29 is 9.13 Å². The highest BCUT2D eigenvalue weighted by atomic mass is 19.1. The number of hydrogen-bond donors (Lipinski definition) is 1. The van der Waals surface area contributed by atoms with E-state index in [-0.39, 0.29) is 5.82 Å². The molecule has 118 valence electrons. The average Bonchev–Trinajstić information content (AvgIpc) is 2.51. The summed E-state index contributed by atoms with van der Waals surface area (Å²) in [6.45, 7) is 9.17. The molecule has 1 heterocycles. The number of nitrogens with zero attached hydrogens (tertiary/aromatic N) is 1. The van der Waals surface area contributed by atoms with Crippen LogP contribution in [0.5, 0.6) is 0 Å². The Kier molecular flexibility index (Phi) is 6.61. The Morgan fingerprint density at radius 1 is 1.38 bits per heavy atom. The predicted octanol–water partition coefficient (Wildman–Crippen LogP) is 2.94. The van der Waals surface area contributed by atoms with Crippen LogP contribution in [-0.2, 0) is 17.8 Å². The third kappa shape index (κ3) is 4.77. The molecule has 3 nitrogen and oxygen atoms in total. The molecule has 0 aliphatic carbocycles. The van der Waals surface area contributed by atoms with E-state index in [1.165, 1.54) is 0 Å². The van der Waals surface area contributed by atoms with E-state index in [9.17, 15) is 4.39 Å². The van der Waals surface area contributed by atoms with Gasteiger partial charge in [0.2, 0.25) is 0 Å². The first-order chi connectivity index (χ1) is 10.2. The van der Waals surface area contributed by atoms with Gasteiger partial charge >= 0.3 is 0 Å². The van der Waals surface area contributed by atoms with E-state index < -0.39 is 0 Å². The third-order valence-electron chi connectivity index (χ3n) is 4.06. The monoisotopic (exact) mass is 294 g/mol. The lowest BCUT2D eigenvalue weighted by atomic mass is 10.1. The van der Waals surface area contributed by atoms with Crippen molar-refractivity contribution in [1.29, 1.82) is 0 Å². The Morgan fingerprint density at radius 2 is 2.24 bits per heavy atom. The van der Waals surface area contributed by atoms with Crippen LogP contribution in [0.4, 0.5) is 4.39 Å². The molecular formula is C17H27FN2O. The highest BCUT2D eigenvalue weighted by molar-refractivity contribution is 5.25. The summed E-state index contributed by atoms with van der Waals surface area (Å²) in [6.07, 6.45) is 2.15. The van der Waals surface area contributed by atoms with E-state index in [4.69, 9.17) is 4.74 Å². The molecule has 1 aliphatic rings. The molecule has 0 amide bonds. The van der Waals surface area contributed by atoms with Gasteiger partial charge in [-0.25, -0.2) is 4.39 Å². The fourth-order valence-corrected chi connectivity index (χ4v) is 2.76. The van der Waals surface area contributed by atoms with Crippen LogP contribution in [0, 0.1) is 5.82 Å². The topological polar surface area (TPSA) is 24.5 Å². The maximum absolute atomic E-state index is 14.1. The lowest BCUT2D eigenvalue weighted by Crippen LogP contribution is -2.44. The van der Waals surface area contributed by atoms with Crippen molar-refractivity contribution in [1.82, 2.24) is 10.2 Å². The molecule has 1 unspecified atom stereocenters. The maximum Gasteiger partial charge on any atom is 0.127 e. The number of benzene rings is 1. The van der Waals surface area contributed by atoms with Crippen molar-refractivity contribution >= 4 is 0 Å². The van der Waals surface area contributed by atoms with Crippen molar-refractivity contribution in [3.8, 4) is 0 Å². The summed E-state index contributed by atoms with van der Waals surface area (Å²) in [5, 5.41) is 3.37. The van der Waals surface area contributed by atoms with Crippen molar-refractivity contribution in [3.63, 3.8) is 0 Å². The van der Waals surface area contributed by atoms with Crippen LogP contribution in [0.2, 0.25) is 0 Å². The summed E-state index contributed by atoms with van der Waals surface area (Å²) < 4.78 is 19.6. The molecule has 0 bridgehead atoms. The van der Waals surface area contributed by atoms with E-state index in [1.54, 1.807) is 6.07 Å². The van der Waals surface area contributed by atoms with E-state index in [0.29, 0.717) is 12.6 Å². The first kappa shape index (κ1) is 16.4. The van der Waals surface area contributed by atoms with Gasteiger partial charge in [-0.15, -0.1) is 0 Å². The molecule has 0 spiro atoms. The zero-order valence-corrected chi connectivity index (χ0v) is 13.2. The fourth-order valence-electron chi connectivity index (χ4n) is 2.76. The molecule has 1 aromatic carbocycles. The number of hydrogen-bond acceptors (Lipinski definition) is 3. The molecule has 1 N–H and O–H groups in total. The Morgan fingerprint density at radius 3 is 3.00 bits per heavy atom. The predicted molar refractivity (Wildman–Crippen MR) is 83.7 cm³/mol. The molecule has 1 atom stereocenters. The van der Waals surface area contributed by atoms with E-state index in [1.807, 2.05) is 12.1 Å². The van der Waals surface area contributed by atoms with E-state index in [2.05, 4.69) is 24.1 Å². The van der Waals surface area contributed by atoms with Gasteiger partial charge in [0.1, 0.15) is 5.82 Å². The third-order valence-corrected chi connectivity index (χ3v) is 4.06. The highest BCUT2D eigenvalue weighted by Gasteiger charge is 2.22. The van der Waals surface area contributed by atoms with E-state index in [0.717, 1.165) is 56.8 Å². The van der Waals surface area contributed by atoms with Gasteiger partial charge < -0.3 is 10.1 Å². The summed E-state index contributed by atoms with van der Waals surface area (Å²) in [4.78, 5) is 2.34. The van der Waals surface area contributed by atoms with Gasteiger partial charge in [-0.2, -0.15) is 0 Å². The molecule has 1 aliphatic heterocycles. The minimum absolute atomic E-state index is 0.101. The Bertz CT molecular complexity index is 439. The first-order valence-corrected chi connectivity index (χ1v) is 8.04. The second-order valence-corrected chi connectivity index (χ2v) is 5.71. The Labute approximate surface area is 127 Å². The number of morpholine rings is 1. The number of ether oxygens (including phenoxy) is 1. The van der Waals surface area contributed by atoms with Crippen LogP contribution < -0.4 is 5.32 Å². The first-order valence-electron chi connectivity index (χ1n) is 8.04. The van der Waals surface area contributed by atoms with E-state index >= 15 is 0 Å². The normalized spacial score (nSPS) is 19.9. The van der Waals surface area contributed by atoms with Crippen LogP contribution in [0.25, 0.3) is 0 Å². The van der Waals surface area contributed by atoms with Gasteiger partial charge in [0.15, 0.2) is 0 Å². The van der Waals surface area contributed by atoms with Crippen LogP contribution in [0.1, 0.15) is 37.8 Å². The summed E-state index contributed by atoms with van der Waals surface area (Å²) in [7, 11) is 0. The average molecular weight is 294 g/mol. The molecule has 1 saturated heterocycles. The number of rotatable bonds is 7. The fraction of sp³-hybridized carbons (Fsp3) is 0.647. The van der Waals surface area contributed by atoms with Gasteiger partial charge in [-0.05, 0) is 31.0 Å². The standard InChI is InChI=1S/C17H27FN2O/c1-3-7-19-11-14-5-6-17(18)15(10-14)12-20-8-9-21-13-16(20)4-2/h5-6,10,16,19H,3-4,7-9,11-13H2,1-2H3. The summed E-state index contributed by atoms with van der Waals surface area (Å²) in [5.41, 5.74) is 1.95. The maximum atomic E-state index is 14.1. The Balaban J connectivity index is 2.02. The highest BCUT2D eigenvalue weighted by Crippen LogP contribution is 2.18. The number of nitrogens with one attached hydrogen (secondary N) is 1. The second-order valence-electron chi connectivity index (χ2n) is 5.71. The van der Waals surface area contributed by atoms with Gasteiger partial charge in [-0.3, -0.25) is 4.90 Å². The molecule has 2 rings (SSSR count). The summed E-state index contributed by atoms with van der Waals surface area (Å²) in [5.74, 6) is -0.101. The largest absolute Gasteiger partial charge is 0.378 e. The van der Waals surface area contributed by atoms with Crippen molar-refractivity contribution in [2.75, 3.05) is 26.3 Å². The molecule has 4 heteroatoms. The van der Waals surface area contributed by atoms with Gasteiger partial charge in [0.25, 0.3) is 0 Å². The molecule has 0 radical (unpaired) electrons. The van der Waals surface area contributed by atoms with Crippen molar-refractivity contribution in [2.24, 2.45) is 0 Å². The number of halogens is 1. The minimum atomic E-state index is -0.101. The minimum Gasteiger partial charge on any atom is -0.378 e. The van der Waals surface area contributed by atoms with Gasteiger partial charge in [-0.1, -0.05) is 26.0 Å². The van der Waals surface area contributed by atoms with Crippen LogP contribution in [-0.4, -0.2) is 37.2 Å². The van der Waals surface area contributed by atoms with Crippen molar-refractivity contribution in [2.45, 2.75) is 45.8 Å². The lowest BCUT2D eigenvalue weighted by molar-refractivity contribution is -0.0131. The quantitative estimate of drug-likeness (QED) is 0.783. The van der Waals surface area contributed by atoms with Gasteiger partial charge in [0, 0.05) is 31.2 Å². The second kappa shape index (κ2) is 8.47. The molecule has 1 fully saturated rings. The van der Waals surface area contributed by atoms with Crippen molar-refractivity contribution in [3.05, 3.63) is 35.1 Å². The zero-order valence-electron chi connectivity index (χ0n) is 13.2. The molecule has 1 aromatic rings. The molecule has 0 saturated carbocycles. The van der Waals surface area contributed by atoms with Crippen LogP contribution in [0.15, 0.2) is 18.2 Å². The SMILES string of the molecule is CCCNCc1ccc(F)c(CN2CCOCC2CC)c1. The summed E-state index contributed by atoms with van der Waals surface area (Å²) >= 11 is 0. The summed E-state index contributed by atoms with van der Waals surface area (Å²) in [6, 6.07) is 5.87. The molecular weight excluding hydrogens is 267 g/mol. The zero-order chi connectivity index (χ0) is 15.1. The Hall–Kier alpha value is -0.970.